The quantitative estimate of drug-likeness (QED) is 0.654. The summed E-state index contributed by atoms with van der Waals surface area (Å²) in [4.78, 5) is 11.3. The average molecular weight is 213 g/mol. The molecule has 0 aromatic rings. The van der Waals surface area contributed by atoms with Crippen LogP contribution in [0.5, 0.6) is 0 Å². The molecule has 1 atom stereocenters. The summed E-state index contributed by atoms with van der Waals surface area (Å²) in [6.07, 6.45) is 3.70. The van der Waals surface area contributed by atoms with Gasteiger partial charge in [-0.3, -0.25) is 0 Å². The molecule has 0 saturated carbocycles. The van der Waals surface area contributed by atoms with Gasteiger partial charge in [0.2, 0.25) is 0 Å². The van der Waals surface area contributed by atoms with Gasteiger partial charge in [-0.05, 0) is 25.3 Å². The Labute approximate surface area is 92.2 Å². The molecule has 3 N–H and O–H groups in total. The zero-order valence-corrected chi connectivity index (χ0v) is 9.81. The Hall–Kier alpha value is -0.770. The van der Waals surface area contributed by atoms with Crippen LogP contribution in [-0.2, 0) is 0 Å². The molecule has 0 aliphatic carbocycles. The van der Waals surface area contributed by atoms with E-state index in [4.69, 9.17) is 0 Å². The first kappa shape index (κ1) is 12.3. The Morgan fingerprint density at radius 3 is 2.80 bits per heavy atom. The molecule has 1 aliphatic heterocycles. The van der Waals surface area contributed by atoms with Gasteiger partial charge in [-0.2, -0.15) is 0 Å². The van der Waals surface area contributed by atoms with Crippen molar-refractivity contribution in [1.82, 2.24) is 16.0 Å². The van der Waals surface area contributed by atoms with E-state index in [1.165, 1.54) is 19.3 Å². The summed E-state index contributed by atoms with van der Waals surface area (Å²) in [6, 6.07) is 0.416. The summed E-state index contributed by atoms with van der Waals surface area (Å²) in [5, 5.41) is 9.14. The van der Waals surface area contributed by atoms with Gasteiger partial charge in [0.1, 0.15) is 0 Å². The molecular weight excluding hydrogens is 190 g/mol. The summed E-state index contributed by atoms with van der Waals surface area (Å²) in [5.74, 6) is 0.503. The monoisotopic (exact) mass is 213 g/mol. The number of rotatable bonds is 4. The minimum atomic E-state index is -0.0453. The van der Waals surface area contributed by atoms with Crippen LogP contribution in [0.1, 0.15) is 33.1 Å². The van der Waals surface area contributed by atoms with Gasteiger partial charge in [0.25, 0.3) is 0 Å². The second kappa shape index (κ2) is 6.67. The van der Waals surface area contributed by atoms with E-state index in [0.717, 1.165) is 19.6 Å². The molecule has 1 rings (SSSR count). The third-order valence-corrected chi connectivity index (χ3v) is 2.59. The smallest absolute Gasteiger partial charge is 0.314 e. The average Bonchev–Trinajstić information content (AvgIpc) is 2.25. The number of hydrogen-bond acceptors (Lipinski definition) is 2. The number of carbonyl (C=O) groups is 1. The minimum Gasteiger partial charge on any atom is -0.338 e. The zero-order valence-electron chi connectivity index (χ0n) is 9.81. The standard InChI is InChI=1S/C11H23N3O/c1-9(2)7-13-11(15)14-8-10-5-3-4-6-12-10/h9-10,12H,3-8H2,1-2H3,(H2,13,14,15). The predicted molar refractivity (Wildman–Crippen MR) is 61.9 cm³/mol. The van der Waals surface area contributed by atoms with Crippen molar-refractivity contribution in [2.45, 2.75) is 39.2 Å². The van der Waals surface area contributed by atoms with E-state index in [2.05, 4.69) is 29.8 Å². The third kappa shape index (κ3) is 5.62. The highest BCUT2D eigenvalue weighted by molar-refractivity contribution is 5.73. The van der Waals surface area contributed by atoms with E-state index >= 15 is 0 Å². The minimum absolute atomic E-state index is 0.0453. The lowest BCUT2D eigenvalue weighted by Crippen LogP contribution is -2.46. The van der Waals surface area contributed by atoms with Gasteiger partial charge in [-0.25, -0.2) is 4.79 Å². The van der Waals surface area contributed by atoms with Crippen molar-refractivity contribution in [2.24, 2.45) is 5.92 Å². The molecule has 4 nitrogen and oxygen atoms in total. The normalized spacial score (nSPS) is 21.4. The van der Waals surface area contributed by atoms with E-state index in [0.29, 0.717) is 12.0 Å². The van der Waals surface area contributed by atoms with Crippen molar-refractivity contribution in [3.8, 4) is 0 Å². The second-order valence-corrected chi connectivity index (χ2v) is 4.63. The third-order valence-electron chi connectivity index (χ3n) is 2.59. The molecule has 1 heterocycles. The Balaban J connectivity index is 2.05. The first-order valence-corrected chi connectivity index (χ1v) is 5.93. The van der Waals surface area contributed by atoms with Crippen molar-refractivity contribution in [3.63, 3.8) is 0 Å². The molecular formula is C11H23N3O. The lowest BCUT2D eigenvalue weighted by Gasteiger charge is -2.23. The van der Waals surface area contributed by atoms with Crippen LogP contribution in [0.15, 0.2) is 0 Å². The second-order valence-electron chi connectivity index (χ2n) is 4.63. The van der Waals surface area contributed by atoms with Crippen LogP contribution in [-0.4, -0.2) is 31.7 Å². The van der Waals surface area contributed by atoms with Gasteiger partial charge < -0.3 is 16.0 Å². The summed E-state index contributed by atoms with van der Waals surface area (Å²) in [6.45, 7) is 6.74. The van der Waals surface area contributed by atoms with Crippen molar-refractivity contribution in [3.05, 3.63) is 0 Å². The summed E-state index contributed by atoms with van der Waals surface area (Å²) >= 11 is 0. The maximum absolute atomic E-state index is 11.3. The van der Waals surface area contributed by atoms with Crippen LogP contribution in [0.3, 0.4) is 0 Å². The molecule has 1 unspecified atom stereocenters. The van der Waals surface area contributed by atoms with Crippen LogP contribution >= 0.6 is 0 Å². The molecule has 2 amide bonds. The molecule has 88 valence electrons. The highest BCUT2D eigenvalue weighted by atomic mass is 16.2. The fourth-order valence-corrected chi connectivity index (χ4v) is 1.67. The molecule has 0 aromatic carbocycles. The Morgan fingerprint density at radius 2 is 2.20 bits per heavy atom. The molecule has 0 bridgehead atoms. The van der Waals surface area contributed by atoms with Gasteiger partial charge in [0.15, 0.2) is 0 Å². The lowest BCUT2D eigenvalue weighted by molar-refractivity contribution is 0.237. The lowest BCUT2D eigenvalue weighted by atomic mass is 10.1. The predicted octanol–water partition coefficient (Wildman–Crippen LogP) is 1.08. The number of piperidine rings is 1. The fourth-order valence-electron chi connectivity index (χ4n) is 1.67. The number of urea groups is 1. The van der Waals surface area contributed by atoms with E-state index in [1.54, 1.807) is 0 Å². The molecule has 1 saturated heterocycles. The van der Waals surface area contributed by atoms with Crippen LogP contribution in [0.4, 0.5) is 4.79 Å². The molecule has 0 spiro atoms. The van der Waals surface area contributed by atoms with Crippen LogP contribution in [0.25, 0.3) is 0 Å². The van der Waals surface area contributed by atoms with Gasteiger partial charge in [-0.1, -0.05) is 20.3 Å². The van der Waals surface area contributed by atoms with Crippen molar-refractivity contribution < 1.29 is 4.79 Å². The highest BCUT2D eigenvalue weighted by Crippen LogP contribution is 2.05. The molecule has 1 fully saturated rings. The van der Waals surface area contributed by atoms with E-state index in [-0.39, 0.29) is 6.03 Å². The van der Waals surface area contributed by atoms with Gasteiger partial charge in [0, 0.05) is 19.1 Å². The Kier molecular flexibility index (Phi) is 5.47. The van der Waals surface area contributed by atoms with Crippen molar-refractivity contribution >= 4 is 6.03 Å². The van der Waals surface area contributed by atoms with Crippen molar-refractivity contribution in [1.29, 1.82) is 0 Å². The topological polar surface area (TPSA) is 53.2 Å². The van der Waals surface area contributed by atoms with E-state index in [1.807, 2.05) is 0 Å². The molecule has 15 heavy (non-hydrogen) atoms. The van der Waals surface area contributed by atoms with E-state index in [9.17, 15) is 4.79 Å². The largest absolute Gasteiger partial charge is 0.338 e. The van der Waals surface area contributed by atoms with Crippen LogP contribution in [0.2, 0.25) is 0 Å². The molecule has 0 radical (unpaired) electrons. The van der Waals surface area contributed by atoms with Gasteiger partial charge >= 0.3 is 6.03 Å². The van der Waals surface area contributed by atoms with Gasteiger partial charge in [0.05, 0.1) is 0 Å². The number of carbonyl (C=O) groups excluding carboxylic acids is 1. The first-order valence-electron chi connectivity index (χ1n) is 5.93. The summed E-state index contributed by atoms with van der Waals surface area (Å²) in [7, 11) is 0. The van der Waals surface area contributed by atoms with Gasteiger partial charge in [-0.15, -0.1) is 0 Å². The number of hydrogen-bond donors (Lipinski definition) is 3. The fraction of sp³-hybridized carbons (Fsp3) is 0.909. The maximum Gasteiger partial charge on any atom is 0.314 e. The molecule has 0 aromatic heterocycles. The maximum atomic E-state index is 11.3. The highest BCUT2D eigenvalue weighted by Gasteiger charge is 2.12. The summed E-state index contributed by atoms with van der Waals surface area (Å²) < 4.78 is 0. The van der Waals surface area contributed by atoms with E-state index < -0.39 is 0 Å². The summed E-state index contributed by atoms with van der Waals surface area (Å²) in [5.41, 5.74) is 0. The number of amides is 2. The van der Waals surface area contributed by atoms with Crippen LogP contribution in [0, 0.1) is 5.92 Å². The molecule has 4 heteroatoms. The van der Waals surface area contributed by atoms with Crippen LogP contribution < -0.4 is 16.0 Å². The SMILES string of the molecule is CC(C)CNC(=O)NCC1CCCCN1. The zero-order chi connectivity index (χ0) is 11.1. The Morgan fingerprint density at radius 1 is 1.40 bits per heavy atom. The Bertz CT molecular complexity index is 188. The number of nitrogens with one attached hydrogen (secondary N) is 3. The molecule has 1 aliphatic rings. The van der Waals surface area contributed by atoms with Crippen molar-refractivity contribution in [2.75, 3.05) is 19.6 Å². The first-order chi connectivity index (χ1) is 7.18.